The molecule has 1 aromatic rings. The number of carbonyl (C=O) groups is 2. The molecule has 0 radical (unpaired) electrons. The number of benzene rings is 1. The number of unbranched alkanes of at least 4 members (excludes halogenated alkanes) is 1. The Bertz CT molecular complexity index is 796. The molecule has 0 aliphatic carbocycles. The van der Waals surface area contributed by atoms with Gasteiger partial charge in [0.25, 0.3) is 5.91 Å². The summed E-state index contributed by atoms with van der Waals surface area (Å²) in [5.74, 6) is 0.422. The second kappa shape index (κ2) is 13.9. The zero-order chi connectivity index (χ0) is 24.2. The van der Waals surface area contributed by atoms with Crippen LogP contribution in [0.1, 0.15) is 52.9 Å². The Morgan fingerprint density at radius 1 is 1.21 bits per heavy atom. The van der Waals surface area contributed by atoms with Crippen LogP contribution in [-0.4, -0.2) is 43.0 Å². The standard InChI is InChI=1S/C25H39N3O5/c1-4-32-25-18(10-9-15-29)19(17(2)3)16-22(33-25)24(31)27-14-8-7-13-23(30)28-21-12-6-5-11-20(21)26/h5-6,11-12,16-19,25,29H,4,7-10,13-15,26H2,1-3H3,(H,27,31)(H,28,30)/t18-,19+,25+/m1/s1. The molecule has 33 heavy (non-hydrogen) atoms. The summed E-state index contributed by atoms with van der Waals surface area (Å²) in [4.78, 5) is 24.8. The van der Waals surface area contributed by atoms with Crippen LogP contribution in [0, 0.1) is 17.8 Å². The lowest BCUT2D eigenvalue weighted by Gasteiger charge is -2.38. The van der Waals surface area contributed by atoms with E-state index >= 15 is 0 Å². The van der Waals surface area contributed by atoms with Crippen molar-refractivity contribution in [3.05, 3.63) is 36.1 Å². The van der Waals surface area contributed by atoms with E-state index in [-0.39, 0.29) is 36.0 Å². The van der Waals surface area contributed by atoms with Crippen molar-refractivity contribution in [2.24, 2.45) is 17.8 Å². The Kier molecular flexibility index (Phi) is 11.2. The number of allylic oxidation sites excluding steroid dienone is 1. The van der Waals surface area contributed by atoms with E-state index in [4.69, 9.17) is 15.2 Å². The number of ether oxygens (including phenoxy) is 2. The first-order chi connectivity index (χ1) is 15.9. The summed E-state index contributed by atoms with van der Waals surface area (Å²) in [5, 5.41) is 14.9. The minimum absolute atomic E-state index is 0.0887. The topological polar surface area (TPSA) is 123 Å². The summed E-state index contributed by atoms with van der Waals surface area (Å²) in [5.41, 5.74) is 6.98. The molecule has 0 saturated carbocycles. The number of aliphatic hydroxyl groups excluding tert-OH is 1. The molecule has 8 nitrogen and oxygen atoms in total. The van der Waals surface area contributed by atoms with Crippen molar-refractivity contribution in [2.45, 2.75) is 59.2 Å². The Morgan fingerprint density at radius 2 is 1.97 bits per heavy atom. The van der Waals surface area contributed by atoms with Crippen LogP contribution in [0.3, 0.4) is 0 Å². The van der Waals surface area contributed by atoms with Gasteiger partial charge in [0.15, 0.2) is 5.76 Å². The smallest absolute Gasteiger partial charge is 0.286 e. The second-order valence-electron chi connectivity index (χ2n) is 8.67. The summed E-state index contributed by atoms with van der Waals surface area (Å²) < 4.78 is 11.7. The van der Waals surface area contributed by atoms with Gasteiger partial charge in [0.2, 0.25) is 12.2 Å². The van der Waals surface area contributed by atoms with Gasteiger partial charge in [-0.05, 0) is 62.7 Å². The number of nitrogen functional groups attached to an aromatic ring is 1. The van der Waals surface area contributed by atoms with Gasteiger partial charge in [-0.15, -0.1) is 0 Å². The van der Waals surface area contributed by atoms with E-state index in [0.717, 1.165) is 6.42 Å². The molecule has 0 unspecified atom stereocenters. The molecular weight excluding hydrogens is 422 g/mol. The first-order valence-corrected chi connectivity index (χ1v) is 11.9. The molecule has 0 saturated heterocycles. The predicted octanol–water partition coefficient (Wildman–Crippen LogP) is 3.43. The molecule has 5 N–H and O–H groups in total. The Hall–Kier alpha value is -2.58. The van der Waals surface area contributed by atoms with E-state index in [1.54, 1.807) is 12.1 Å². The van der Waals surface area contributed by atoms with Crippen LogP contribution >= 0.6 is 0 Å². The highest BCUT2D eigenvalue weighted by Gasteiger charge is 2.38. The molecule has 184 valence electrons. The van der Waals surface area contributed by atoms with Crippen molar-refractivity contribution in [1.82, 2.24) is 5.32 Å². The van der Waals surface area contributed by atoms with Crippen molar-refractivity contribution in [2.75, 3.05) is 30.8 Å². The maximum absolute atomic E-state index is 12.7. The number of hydrogen-bond acceptors (Lipinski definition) is 6. The molecule has 1 heterocycles. The number of amides is 2. The number of rotatable bonds is 13. The van der Waals surface area contributed by atoms with E-state index in [2.05, 4.69) is 24.5 Å². The van der Waals surface area contributed by atoms with Gasteiger partial charge in [-0.3, -0.25) is 9.59 Å². The molecular formula is C25H39N3O5. The third-order valence-corrected chi connectivity index (χ3v) is 5.80. The summed E-state index contributed by atoms with van der Waals surface area (Å²) in [7, 11) is 0. The largest absolute Gasteiger partial charge is 0.459 e. The van der Waals surface area contributed by atoms with E-state index < -0.39 is 6.29 Å². The van der Waals surface area contributed by atoms with Crippen molar-refractivity contribution >= 4 is 23.2 Å². The number of aliphatic hydroxyl groups is 1. The van der Waals surface area contributed by atoms with Crippen molar-refractivity contribution < 1.29 is 24.2 Å². The fraction of sp³-hybridized carbons (Fsp3) is 0.600. The molecule has 0 fully saturated rings. The molecule has 1 aliphatic heterocycles. The lowest BCUT2D eigenvalue weighted by molar-refractivity contribution is -0.175. The van der Waals surface area contributed by atoms with Crippen LogP contribution in [0.15, 0.2) is 36.1 Å². The van der Waals surface area contributed by atoms with Crippen molar-refractivity contribution in [1.29, 1.82) is 0 Å². The Morgan fingerprint density at radius 3 is 2.64 bits per heavy atom. The van der Waals surface area contributed by atoms with Crippen LogP contribution in [0.4, 0.5) is 11.4 Å². The number of para-hydroxylation sites is 2. The monoisotopic (exact) mass is 461 g/mol. The second-order valence-corrected chi connectivity index (χ2v) is 8.67. The molecule has 0 spiro atoms. The number of nitrogens with two attached hydrogens (primary N) is 1. The maximum Gasteiger partial charge on any atom is 0.286 e. The molecule has 1 aliphatic rings. The summed E-state index contributed by atoms with van der Waals surface area (Å²) >= 11 is 0. The molecule has 1 aromatic carbocycles. The van der Waals surface area contributed by atoms with Gasteiger partial charge in [-0.1, -0.05) is 26.0 Å². The minimum Gasteiger partial charge on any atom is -0.459 e. The van der Waals surface area contributed by atoms with Gasteiger partial charge in [-0.25, -0.2) is 0 Å². The third kappa shape index (κ3) is 8.37. The summed E-state index contributed by atoms with van der Waals surface area (Å²) in [6, 6.07) is 7.13. The van der Waals surface area contributed by atoms with Gasteiger partial charge in [-0.2, -0.15) is 0 Å². The van der Waals surface area contributed by atoms with E-state index in [1.165, 1.54) is 0 Å². The summed E-state index contributed by atoms with van der Waals surface area (Å²) in [6.45, 7) is 7.18. The van der Waals surface area contributed by atoms with E-state index in [9.17, 15) is 14.7 Å². The Labute approximate surface area is 196 Å². The van der Waals surface area contributed by atoms with Crippen LogP contribution in [0.2, 0.25) is 0 Å². The fourth-order valence-corrected chi connectivity index (χ4v) is 4.05. The van der Waals surface area contributed by atoms with Crippen LogP contribution < -0.4 is 16.4 Å². The minimum atomic E-state index is -0.506. The molecule has 2 rings (SSSR count). The molecule has 2 amide bonds. The molecule has 0 aromatic heterocycles. The zero-order valence-electron chi connectivity index (χ0n) is 20.0. The Balaban J connectivity index is 1.83. The highest BCUT2D eigenvalue weighted by Crippen LogP contribution is 2.37. The highest BCUT2D eigenvalue weighted by atomic mass is 16.7. The van der Waals surface area contributed by atoms with E-state index in [0.29, 0.717) is 56.1 Å². The van der Waals surface area contributed by atoms with Crippen molar-refractivity contribution in [3.8, 4) is 0 Å². The van der Waals surface area contributed by atoms with Crippen LogP contribution in [-0.2, 0) is 19.1 Å². The normalized spacial score (nSPS) is 20.2. The average molecular weight is 462 g/mol. The number of anilines is 2. The quantitative estimate of drug-likeness (QED) is 0.264. The predicted molar refractivity (Wildman–Crippen MR) is 129 cm³/mol. The average Bonchev–Trinajstić information content (AvgIpc) is 2.79. The molecule has 8 heteroatoms. The lowest BCUT2D eigenvalue weighted by atomic mass is 9.78. The lowest BCUT2D eigenvalue weighted by Crippen LogP contribution is -2.41. The van der Waals surface area contributed by atoms with Gasteiger partial charge in [0, 0.05) is 32.1 Å². The van der Waals surface area contributed by atoms with Crippen LogP contribution in [0.25, 0.3) is 0 Å². The first kappa shape index (κ1) is 26.7. The first-order valence-electron chi connectivity index (χ1n) is 11.9. The summed E-state index contributed by atoms with van der Waals surface area (Å²) in [6.07, 6.45) is 4.48. The highest BCUT2D eigenvalue weighted by molar-refractivity contribution is 5.93. The number of hydrogen-bond donors (Lipinski definition) is 4. The molecule has 0 bridgehead atoms. The van der Waals surface area contributed by atoms with Gasteiger partial charge in [0.05, 0.1) is 11.4 Å². The van der Waals surface area contributed by atoms with E-state index in [1.807, 2.05) is 25.1 Å². The zero-order valence-corrected chi connectivity index (χ0v) is 20.0. The molecule has 3 atom stereocenters. The third-order valence-electron chi connectivity index (χ3n) is 5.80. The SMILES string of the molecule is CCO[C@H]1OC(C(=O)NCCCCC(=O)Nc2ccccc2N)=C[C@@H](C(C)C)[C@H]1CCCO. The maximum atomic E-state index is 12.7. The fourth-order valence-electron chi connectivity index (χ4n) is 4.05. The number of nitrogens with one attached hydrogen (secondary N) is 2. The van der Waals surface area contributed by atoms with Crippen molar-refractivity contribution in [3.63, 3.8) is 0 Å². The van der Waals surface area contributed by atoms with Gasteiger partial charge in [0.1, 0.15) is 0 Å². The van der Waals surface area contributed by atoms with Gasteiger partial charge >= 0.3 is 0 Å². The van der Waals surface area contributed by atoms with Gasteiger partial charge < -0.3 is 30.9 Å². The number of carbonyl (C=O) groups excluding carboxylic acids is 2. The van der Waals surface area contributed by atoms with Crippen LogP contribution in [0.5, 0.6) is 0 Å².